The van der Waals surface area contributed by atoms with Crippen molar-refractivity contribution in [3.05, 3.63) is 78.4 Å². The van der Waals surface area contributed by atoms with Crippen molar-refractivity contribution in [3.63, 3.8) is 0 Å². The zero-order chi connectivity index (χ0) is 15.4. The molecule has 0 saturated carbocycles. The number of nitrogens with two attached hydrogens (primary N) is 1. The molecule has 0 saturated heterocycles. The molecule has 2 N–H and O–H groups in total. The second kappa shape index (κ2) is 6.35. The SMILES string of the molecule is COc1ccc(C(Cc2ccccc2N)n2ccnc2)cc1. The van der Waals surface area contributed by atoms with Crippen LogP contribution in [0.15, 0.2) is 67.3 Å². The number of methoxy groups -OCH3 is 1. The zero-order valence-corrected chi connectivity index (χ0v) is 12.5. The minimum absolute atomic E-state index is 0.151. The third-order valence-electron chi connectivity index (χ3n) is 3.85. The lowest BCUT2D eigenvalue weighted by molar-refractivity contribution is 0.414. The molecule has 0 amide bonds. The Morgan fingerprint density at radius 1 is 1.14 bits per heavy atom. The van der Waals surface area contributed by atoms with Gasteiger partial charge in [0.15, 0.2) is 0 Å². The van der Waals surface area contributed by atoms with Gasteiger partial charge in [-0.1, -0.05) is 30.3 Å². The molecule has 0 radical (unpaired) electrons. The average molecular weight is 293 g/mol. The predicted molar refractivity (Wildman–Crippen MR) is 87.9 cm³/mol. The molecule has 0 aliphatic rings. The van der Waals surface area contributed by atoms with E-state index in [4.69, 9.17) is 10.5 Å². The highest BCUT2D eigenvalue weighted by Gasteiger charge is 2.15. The summed E-state index contributed by atoms with van der Waals surface area (Å²) in [5.41, 5.74) is 9.25. The number of rotatable bonds is 5. The number of hydrogen-bond acceptors (Lipinski definition) is 3. The molecule has 1 unspecified atom stereocenters. The molecule has 4 nitrogen and oxygen atoms in total. The van der Waals surface area contributed by atoms with E-state index in [2.05, 4.69) is 27.8 Å². The number of ether oxygens (including phenoxy) is 1. The van der Waals surface area contributed by atoms with Gasteiger partial charge in [-0.15, -0.1) is 0 Å². The van der Waals surface area contributed by atoms with Crippen molar-refractivity contribution in [1.82, 2.24) is 9.55 Å². The van der Waals surface area contributed by atoms with Crippen LogP contribution in [-0.2, 0) is 6.42 Å². The minimum atomic E-state index is 0.151. The first kappa shape index (κ1) is 14.2. The zero-order valence-electron chi connectivity index (χ0n) is 12.5. The normalized spacial score (nSPS) is 12.0. The third kappa shape index (κ3) is 2.96. The van der Waals surface area contributed by atoms with Crippen LogP contribution in [0.2, 0.25) is 0 Å². The molecule has 0 aliphatic heterocycles. The number of nitrogens with zero attached hydrogens (tertiary/aromatic N) is 2. The fourth-order valence-electron chi connectivity index (χ4n) is 2.60. The summed E-state index contributed by atoms with van der Waals surface area (Å²) in [5.74, 6) is 0.854. The van der Waals surface area contributed by atoms with Crippen molar-refractivity contribution in [3.8, 4) is 5.75 Å². The molecule has 0 bridgehead atoms. The van der Waals surface area contributed by atoms with Crippen molar-refractivity contribution in [2.45, 2.75) is 12.5 Å². The Morgan fingerprint density at radius 2 is 1.91 bits per heavy atom. The number of nitrogen functional groups attached to an aromatic ring is 1. The van der Waals surface area contributed by atoms with Crippen molar-refractivity contribution >= 4 is 5.69 Å². The van der Waals surface area contributed by atoms with Crippen molar-refractivity contribution in [1.29, 1.82) is 0 Å². The van der Waals surface area contributed by atoms with Crippen LogP contribution in [0, 0.1) is 0 Å². The van der Waals surface area contributed by atoms with Crippen LogP contribution in [0.4, 0.5) is 5.69 Å². The summed E-state index contributed by atoms with van der Waals surface area (Å²) < 4.78 is 7.34. The Bertz CT molecular complexity index is 720. The van der Waals surface area contributed by atoms with E-state index in [-0.39, 0.29) is 6.04 Å². The average Bonchev–Trinajstić information content (AvgIpc) is 3.08. The van der Waals surface area contributed by atoms with Crippen molar-refractivity contribution in [2.75, 3.05) is 12.8 Å². The number of benzene rings is 2. The molecular formula is C18H19N3O. The lowest BCUT2D eigenvalue weighted by Gasteiger charge is -2.20. The first-order chi connectivity index (χ1) is 10.8. The van der Waals surface area contributed by atoms with Crippen molar-refractivity contribution < 1.29 is 4.74 Å². The van der Waals surface area contributed by atoms with Gasteiger partial charge in [0, 0.05) is 18.1 Å². The standard InChI is InChI=1S/C18H19N3O/c1-22-16-8-6-14(7-9-16)18(21-11-10-20-13-21)12-15-4-2-3-5-17(15)19/h2-11,13,18H,12,19H2,1H3. The lowest BCUT2D eigenvalue weighted by atomic mass is 9.97. The quantitative estimate of drug-likeness (QED) is 0.734. The molecule has 0 aliphatic carbocycles. The number of para-hydroxylation sites is 1. The van der Waals surface area contributed by atoms with E-state index in [0.29, 0.717) is 0 Å². The molecule has 0 fully saturated rings. The summed E-state index contributed by atoms with van der Waals surface area (Å²) in [6.45, 7) is 0. The van der Waals surface area contributed by atoms with Crippen LogP contribution in [0.25, 0.3) is 0 Å². The maximum absolute atomic E-state index is 6.10. The summed E-state index contributed by atoms with van der Waals surface area (Å²) in [5, 5.41) is 0. The van der Waals surface area contributed by atoms with E-state index in [0.717, 1.165) is 23.4 Å². The maximum atomic E-state index is 6.10. The molecule has 2 aromatic carbocycles. The van der Waals surface area contributed by atoms with Gasteiger partial charge >= 0.3 is 0 Å². The van der Waals surface area contributed by atoms with E-state index < -0.39 is 0 Å². The molecule has 3 rings (SSSR count). The Labute approximate surface area is 130 Å². The molecular weight excluding hydrogens is 274 g/mol. The van der Waals surface area contributed by atoms with Crippen LogP contribution in [0.1, 0.15) is 17.2 Å². The van der Waals surface area contributed by atoms with Gasteiger partial charge in [-0.25, -0.2) is 4.98 Å². The predicted octanol–water partition coefficient (Wildman–Crippen LogP) is 3.31. The van der Waals surface area contributed by atoms with E-state index in [9.17, 15) is 0 Å². The number of anilines is 1. The van der Waals surface area contributed by atoms with Gasteiger partial charge in [-0.05, 0) is 35.7 Å². The third-order valence-corrected chi connectivity index (χ3v) is 3.85. The second-order valence-electron chi connectivity index (χ2n) is 5.20. The molecule has 1 heterocycles. The van der Waals surface area contributed by atoms with Gasteiger partial charge in [0.05, 0.1) is 19.5 Å². The number of hydrogen-bond donors (Lipinski definition) is 1. The van der Waals surface area contributed by atoms with E-state index in [1.54, 1.807) is 13.3 Å². The van der Waals surface area contributed by atoms with Gasteiger partial charge in [0.25, 0.3) is 0 Å². The van der Waals surface area contributed by atoms with Gasteiger partial charge in [0.2, 0.25) is 0 Å². The molecule has 4 heteroatoms. The van der Waals surface area contributed by atoms with Crippen LogP contribution in [0.5, 0.6) is 5.75 Å². The van der Waals surface area contributed by atoms with Crippen LogP contribution in [-0.4, -0.2) is 16.7 Å². The molecule has 0 spiro atoms. The van der Waals surface area contributed by atoms with E-state index in [1.807, 2.05) is 42.9 Å². The van der Waals surface area contributed by atoms with Gasteiger partial charge in [0.1, 0.15) is 5.75 Å². The Balaban J connectivity index is 1.95. The Kier molecular flexibility index (Phi) is 4.10. The fourth-order valence-corrected chi connectivity index (χ4v) is 2.60. The number of aromatic nitrogens is 2. The van der Waals surface area contributed by atoms with Gasteiger partial charge in [-0.3, -0.25) is 0 Å². The monoisotopic (exact) mass is 293 g/mol. The van der Waals surface area contributed by atoms with E-state index in [1.165, 1.54) is 5.56 Å². The highest BCUT2D eigenvalue weighted by molar-refractivity contribution is 5.47. The Morgan fingerprint density at radius 3 is 2.55 bits per heavy atom. The van der Waals surface area contributed by atoms with Crippen LogP contribution in [0.3, 0.4) is 0 Å². The number of imidazole rings is 1. The highest BCUT2D eigenvalue weighted by Crippen LogP contribution is 2.27. The van der Waals surface area contributed by atoms with Crippen molar-refractivity contribution in [2.24, 2.45) is 0 Å². The lowest BCUT2D eigenvalue weighted by Crippen LogP contribution is -2.13. The fraction of sp³-hybridized carbons (Fsp3) is 0.167. The first-order valence-corrected chi connectivity index (χ1v) is 7.22. The Hall–Kier alpha value is -2.75. The summed E-state index contributed by atoms with van der Waals surface area (Å²) in [7, 11) is 1.67. The summed E-state index contributed by atoms with van der Waals surface area (Å²) in [6, 6.07) is 16.3. The van der Waals surface area contributed by atoms with Crippen LogP contribution < -0.4 is 10.5 Å². The highest BCUT2D eigenvalue weighted by atomic mass is 16.5. The molecule has 112 valence electrons. The van der Waals surface area contributed by atoms with Gasteiger partial charge in [-0.2, -0.15) is 0 Å². The molecule has 1 aromatic heterocycles. The minimum Gasteiger partial charge on any atom is -0.497 e. The topological polar surface area (TPSA) is 53.1 Å². The second-order valence-corrected chi connectivity index (χ2v) is 5.20. The summed E-state index contributed by atoms with van der Waals surface area (Å²) in [4.78, 5) is 4.17. The summed E-state index contributed by atoms with van der Waals surface area (Å²) >= 11 is 0. The molecule has 3 aromatic rings. The molecule has 22 heavy (non-hydrogen) atoms. The smallest absolute Gasteiger partial charge is 0.118 e. The van der Waals surface area contributed by atoms with Crippen LogP contribution >= 0.6 is 0 Å². The van der Waals surface area contributed by atoms with E-state index >= 15 is 0 Å². The summed E-state index contributed by atoms with van der Waals surface area (Å²) in [6.07, 6.45) is 6.43. The largest absolute Gasteiger partial charge is 0.497 e. The first-order valence-electron chi connectivity index (χ1n) is 7.22. The van der Waals surface area contributed by atoms with Gasteiger partial charge < -0.3 is 15.0 Å². The molecule has 1 atom stereocenters. The maximum Gasteiger partial charge on any atom is 0.118 e.